The van der Waals surface area contributed by atoms with Gasteiger partial charge in [-0.05, 0) is 45.0 Å². The van der Waals surface area contributed by atoms with Crippen LogP contribution in [0.25, 0.3) is 0 Å². The topological polar surface area (TPSA) is 83.5 Å². The highest BCUT2D eigenvalue weighted by Crippen LogP contribution is 2.34. The van der Waals surface area contributed by atoms with Gasteiger partial charge in [0.2, 0.25) is 0 Å². The summed E-state index contributed by atoms with van der Waals surface area (Å²) in [6, 6.07) is 8.50. The van der Waals surface area contributed by atoms with Gasteiger partial charge < -0.3 is 15.2 Å². The second-order valence-corrected chi connectivity index (χ2v) is 6.60. The summed E-state index contributed by atoms with van der Waals surface area (Å²) in [5.74, 6) is -3.52. The van der Waals surface area contributed by atoms with E-state index in [-0.39, 0.29) is 22.8 Å². The standard InChI is InChI=1S/C18H21F2N3O3/c1-17(2,3)26-16(25)23-15-12(7-6-8-13(15)24)22-11-18(19,20)14-9-4-5-10-21-14/h4-10,22,24H,11H2,1-3H3,(H,23,25). The maximum atomic E-state index is 14.3. The Balaban J connectivity index is 2.15. The van der Waals surface area contributed by atoms with E-state index in [1.165, 1.54) is 36.5 Å². The predicted molar refractivity (Wildman–Crippen MR) is 94.6 cm³/mol. The van der Waals surface area contributed by atoms with Gasteiger partial charge in [-0.15, -0.1) is 0 Å². The summed E-state index contributed by atoms with van der Waals surface area (Å²) < 4.78 is 33.6. The molecule has 3 N–H and O–H groups in total. The number of phenolic OH excluding ortho intramolecular Hbond substituents is 1. The number of pyridine rings is 1. The maximum Gasteiger partial charge on any atom is 0.412 e. The van der Waals surface area contributed by atoms with Crippen LogP contribution in [0, 0.1) is 0 Å². The molecule has 1 heterocycles. The van der Waals surface area contributed by atoms with E-state index in [9.17, 15) is 18.7 Å². The number of hydrogen-bond acceptors (Lipinski definition) is 5. The Morgan fingerprint density at radius 3 is 2.54 bits per heavy atom. The molecule has 0 saturated heterocycles. The number of aromatic nitrogens is 1. The van der Waals surface area contributed by atoms with E-state index in [4.69, 9.17) is 4.74 Å². The summed E-state index contributed by atoms with van der Waals surface area (Å²) >= 11 is 0. The number of aromatic hydroxyl groups is 1. The zero-order valence-electron chi connectivity index (χ0n) is 14.7. The first-order valence-corrected chi connectivity index (χ1v) is 7.94. The van der Waals surface area contributed by atoms with Crippen molar-refractivity contribution in [2.24, 2.45) is 0 Å². The Kier molecular flexibility index (Phi) is 5.64. The van der Waals surface area contributed by atoms with Gasteiger partial charge in [0.05, 0.1) is 12.2 Å². The minimum absolute atomic E-state index is 0.0430. The quantitative estimate of drug-likeness (QED) is 0.687. The summed E-state index contributed by atoms with van der Waals surface area (Å²) in [5.41, 5.74) is -1.03. The van der Waals surface area contributed by atoms with Gasteiger partial charge in [-0.3, -0.25) is 10.3 Å². The van der Waals surface area contributed by atoms with Gasteiger partial charge in [-0.25, -0.2) is 4.79 Å². The molecular formula is C18H21F2N3O3. The van der Waals surface area contributed by atoms with Crippen molar-refractivity contribution in [1.82, 2.24) is 4.98 Å². The number of ether oxygens (including phenoxy) is 1. The molecule has 0 radical (unpaired) electrons. The van der Waals surface area contributed by atoms with Crippen LogP contribution >= 0.6 is 0 Å². The molecule has 0 aliphatic rings. The third-order valence-electron chi connectivity index (χ3n) is 3.21. The van der Waals surface area contributed by atoms with E-state index in [0.29, 0.717) is 0 Å². The zero-order chi connectivity index (χ0) is 19.4. The number of nitrogens with zero attached hydrogens (tertiary/aromatic N) is 1. The molecule has 0 atom stereocenters. The van der Waals surface area contributed by atoms with Gasteiger partial charge in [0.1, 0.15) is 22.7 Å². The molecule has 0 spiro atoms. The molecule has 8 heteroatoms. The molecule has 26 heavy (non-hydrogen) atoms. The van der Waals surface area contributed by atoms with E-state index >= 15 is 0 Å². The Bertz CT molecular complexity index is 762. The second-order valence-electron chi connectivity index (χ2n) is 6.60. The van der Waals surface area contributed by atoms with Crippen LogP contribution < -0.4 is 10.6 Å². The molecule has 0 aliphatic carbocycles. The molecule has 140 valence electrons. The molecule has 6 nitrogen and oxygen atoms in total. The number of alkyl halides is 2. The van der Waals surface area contributed by atoms with E-state index in [1.807, 2.05) is 0 Å². The number of phenols is 1. The molecule has 2 rings (SSSR count). The number of para-hydroxylation sites is 1. The number of hydrogen-bond donors (Lipinski definition) is 3. The Morgan fingerprint density at radius 2 is 1.92 bits per heavy atom. The summed E-state index contributed by atoms with van der Waals surface area (Å²) in [6.45, 7) is 4.29. The Hall–Kier alpha value is -2.90. The van der Waals surface area contributed by atoms with Crippen LogP contribution in [0.15, 0.2) is 42.6 Å². The molecule has 1 amide bonds. The number of anilines is 2. The molecule has 0 bridgehead atoms. The SMILES string of the molecule is CC(C)(C)OC(=O)Nc1c(O)cccc1NCC(F)(F)c1ccccn1. The van der Waals surface area contributed by atoms with Crippen LogP contribution in [-0.4, -0.2) is 28.3 Å². The smallest absolute Gasteiger partial charge is 0.412 e. The van der Waals surface area contributed by atoms with Crippen LogP contribution in [0.2, 0.25) is 0 Å². The lowest BCUT2D eigenvalue weighted by molar-refractivity contribution is 0.00601. The summed E-state index contributed by atoms with van der Waals surface area (Å²) in [7, 11) is 0. The van der Waals surface area contributed by atoms with Crippen molar-refractivity contribution >= 4 is 17.5 Å². The first-order valence-electron chi connectivity index (χ1n) is 7.94. The fraction of sp³-hybridized carbons (Fsp3) is 0.333. The van der Waals surface area contributed by atoms with Crippen molar-refractivity contribution in [2.75, 3.05) is 17.2 Å². The number of rotatable bonds is 5. The van der Waals surface area contributed by atoms with Crippen LogP contribution in [0.3, 0.4) is 0 Å². The highest BCUT2D eigenvalue weighted by Gasteiger charge is 2.33. The number of amides is 1. The average Bonchev–Trinajstić information content (AvgIpc) is 2.54. The predicted octanol–water partition coefficient (Wildman–Crippen LogP) is 4.34. The summed E-state index contributed by atoms with van der Waals surface area (Å²) in [6.07, 6.45) is 0.478. The lowest BCUT2D eigenvalue weighted by atomic mass is 10.2. The average molecular weight is 365 g/mol. The molecule has 1 aromatic heterocycles. The van der Waals surface area contributed by atoms with E-state index in [1.54, 1.807) is 26.8 Å². The Labute approximate surface area is 150 Å². The molecule has 0 saturated carbocycles. The Morgan fingerprint density at radius 1 is 1.19 bits per heavy atom. The molecule has 1 aromatic carbocycles. The van der Waals surface area contributed by atoms with Gasteiger partial charge in [0.15, 0.2) is 0 Å². The summed E-state index contributed by atoms with van der Waals surface area (Å²) in [4.78, 5) is 15.6. The first-order chi connectivity index (χ1) is 12.1. The van der Waals surface area contributed by atoms with E-state index < -0.39 is 24.2 Å². The van der Waals surface area contributed by atoms with E-state index in [0.717, 1.165) is 0 Å². The van der Waals surface area contributed by atoms with Gasteiger partial charge in [-0.2, -0.15) is 8.78 Å². The normalized spacial score (nSPS) is 11.7. The molecule has 0 unspecified atom stereocenters. The fourth-order valence-electron chi connectivity index (χ4n) is 2.10. The van der Waals surface area contributed by atoms with E-state index in [2.05, 4.69) is 15.6 Å². The lowest BCUT2D eigenvalue weighted by Gasteiger charge is -2.22. The van der Waals surface area contributed by atoms with Crippen molar-refractivity contribution in [3.63, 3.8) is 0 Å². The third kappa shape index (κ3) is 5.30. The van der Waals surface area contributed by atoms with Gasteiger partial charge in [-0.1, -0.05) is 12.1 Å². The number of carbonyl (C=O) groups excluding carboxylic acids is 1. The number of nitrogens with one attached hydrogen (secondary N) is 2. The van der Waals surface area contributed by atoms with Gasteiger partial charge in [0.25, 0.3) is 0 Å². The van der Waals surface area contributed by atoms with Crippen molar-refractivity contribution < 1.29 is 23.4 Å². The van der Waals surface area contributed by atoms with Crippen LogP contribution in [0.4, 0.5) is 25.0 Å². The highest BCUT2D eigenvalue weighted by molar-refractivity contribution is 5.92. The maximum absolute atomic E-state index is 14.3. The highest BCUT2D eigenvalue weighted by atomic mass is 19.3. The first kappa shape index (κ1) is 19.4. The van der Waals surface area contributed by atoms with Crippen LogP contribution in [0.5, 0.6) is 5.75 Å². The number of carbonyl (C=O) groups is 1. The largest absolute Gasteiger partial charge is 0.506 e. The van der Waals surface area contributed by atoms with Crippen molar-refractivity contribution in [2.45, 2.75) is 32.3 Å². The van der Waals surface area contributed by atoms with Gasteiger partial charge in [0, 0.05) is 6.20 Å². The van der Waals surface area contributed by atoms with Crippen LogP contribution in [0.1, 0.15) is 26.5 Å². The minimum atomic E-state index is -3.24. The minimum Gasteiger partial charge on any atom is -0.506 e. The lowest BCUT2D eigenvalue weighted by Crippen LogP contribution is -2.28. The van der Waals surface area contributed by atoms with Crippen molar-refractivity contribution in [3.05, 3.63) is 48.3 Å². The molecule has 0 fully saturated rings. The summed E-state index contributed by atoms with van der Waals surface area (Å²) in [5, 5.41) is 14.9. The van der Waals surface area contributed by atoms with Crippen molar-refractivity contribution in [1.29, 1.82) is 0 Å². The second kappa shape index (κ2) is 7.55. The zero-order valence-corrected chi connectivity index (χ0v) is 14.7. The number of benzene rings is 1. The fourth-order valence-corrected chi connectivity index (χ4v) is 2.10. The molecule has 2 aromatic rings. The van der Waals surface area contributed by atoms with Gasteiger partial charge >= 0.3 is 12.0 Å². The monoisotopic (exact) mass is 365 g/mol. The molecular weight excluding hydrogens is 344 g/mol. The number of halogens is 2. The third-order valence-corrected chi connectivity index (χ3v) is 3.21. The van der Waals surface area contributed by atoms with Crippen LogP contribution in [-0.2, 0) is 10.7 Å². The molecule has 0 aliphatic heterocycles. The van der Waals surface area contributed by atoms with Crippen molar-refractivity contribution in [3.8, 4) is 5.75 Å².